The van der Waals surface area contributed by atoms with Gasteiger partial charge < -0.3 is 20.4 Å². The van der Waals surface area contributed by atoms with E-state index in [0.717, 1.165) is 12.1 Å². The molecule has 2 aromatic rings. The molecule has 0 aromatic heterocycles. The normalized spacial score (nSPS) is 12.5. The van der Waals surface area contributed by atoms with Crippen molar-refractivity contribution in [3.63, 3.8) is 0 Å². The molecular weight excluding hydrogens is 480 g/mol. The number of aliphatic carboxylic acids is 4. The van der Waals surface area contributed by atoms with Crippen LogP contribution in [0.15, 0.2) is 34.8 Å². The molecule has 0 unspecified atom stereocenters. The van der Waals surface area contributed by atoms with E-state index in [1.807, 2.05) is 0 Å². The lowest BCUT2D eigenvalue weighted by atomic mass is 9.78. The van der Waals surface area contributed by atoms with Crippen LogP contribution in [0.5, 0.6) is 0 Å². The second kappa shape index (κ2) is 7.76. The SMILES string of the molecule is O=C1c2ccc(Br)cc2C(=O)c2cc(C(C(=O)O)C(=O)O)c(C(C(=O)O)C(=O)O)cc21. The van der Waals surface area contributed by atoms with Gasteiger partial charge in [-0.2, -0.15) is 0 Å². The Morgan fingerprint density at radius 3 is 1.35 bits per heavy atom. The van der Waals surface area contributed by atoms with Gasteiger partial charge >= 0.3 is 23.9 Å². The van der Waals surface area contributed by atoms with Gasteiger partial charge in [-0.05, 0) is 41.5 Å². The summed E-state index contributed by atoms with van der Waals surface area (Å²) in [6, 6.07) is 5.75. The molecule has 1 aliphatic rings. The Bertz CT molecular complexity index is 1180. The van der Waals surface area contributed by atoms with Crippen molar-refractivity contribution in [2.75, 3.05) is 0 Å². The minimum atomic E-state index is -2.37. The summed E-state index contributed by atoms with van der Waals surface area (Å²) in [4.78, 5) is 72.2. The molecular formula is C20H11BrO10. The van der Waals surface area contributed by atoms with Gasteiger partial charge in [0.15, 0.2) is 23.4 Å². The Balaban J connectivity index is 2.40. The molecule has 0 amide bonds. The molecule has 11 heteroatoms. The minimum Gasteiger partial charge on any atom is -0.480 e. The molecule has 0 aliphatic heterocycles. The molecule has 0 saturated carbocycles. The summed E-state index contributed by atoms with van der Waals surface area (Å²) in [5.41, 5.74) is -2.17. The lowest BCUT2D eigenvalue weighted by Gasteiger charge is -2.23. The molecule has 0 radical (unpaired) electrons. The van der Waals surface area contributed by atoms with Crippen molar-refractivity contribution < 1.29 is 49.2 Å². The van der Waals surface area contributed by atoms with Gasteiger partial charge in [-0.1, -0.05) is 15.9 Å². The fourth-order valence-corrected chi connectivity index (χ4v) is 3.81. The summed E-state index contributed by atoms with van der Waals surface area (Å²) in [6.07, 6.45) is 0. The van der Waals surface area contributed by atoms with Crippen molar-refractivity contribution in [3.8, 4) is 0 Å². The molecule has 10 nitrogen and oxygen atoms in total. The highest BCUT2D eigenvalue weighted by atomic mass is 79.9. The lowest BCUT2D eigenvalue weighted by Crippen LogP contribution is -2.30. The Morgan fingerprint density at radius 1 is 0.613 bits per heavy atom. The van der Waals surface area contributed by atoms with E-state index < -0.39 is 58.4 Å². The zero-order chi connectivity index (χ0) is 23.2. The number of carboxylic acids is 4. The highest BCUT2D eigenvalue weighted by molar-refractivity contribution is 9.10. The van der Waals surface area contributed by atoms with Gasteiger partial charge in [-0.25, -0.2) is 0 Å². The molecule has 0 saturated heterocycles. The molecule has 0 fully saturated rings. The van der Waals surface area contributed by atoms with Crippen LogP contribution in [0, 0.1) is 0 Å². The molecule has 31 heavy (non-hydrogen) atoms. The fourth-order valence-electron chi connectivity index (χ4n) is 3.44. The Labute approximate surface area is 180 Å². The summed E-state index contributed by atoms with van der Waals surface area (Å²) in [6.45, 7) is 0. The van der Waals surface area contributed by atoms with Crippen LogP contribution in [-0.4, -0.2) is 55.9 Å². The summed E-state index contributed by atoms with van der Waals surface area (Å²) in [5.74, 6) is -13.8. The van der Waals surface area contributed by atoms with Crippen LogP contribution in [0.25, 0.3) is 0 Å². The number of hydrogen-bond donors (Lipinski definition) is 4. The van der Waals surface area contributed by atoms with Crippen LogP contribution in [0.2, 0.25) is 0 Å². The van der Waals surface area contributed by atoms with Gasteiger partial charge in [0.05, 0.1) is 0 Å². The van der Waals surface area contributed by atoms with Crippen molar-refractivity contribution in [2.45, 2.75) is 11.8 Å². The summed E-state index contributed by atoms with van der Waals surface area (Å²) in [7, 11) is 0. The van der Waals surface area contributed by atoms with Gasteiger partial charge in [0, 0.05) is 26.7 Å². The summed E-state index contributed by atoms with van der Waals surface area (Å²) < 4.78 is 0.471. The van der Waals surface area contributed by atoms with E-state index in [1.165, 1.54) is 18.2 Å². The Morgan fingerprint density at radius 2 is 0.968 bits per heavy atom. The van der Waals surface area contributed by atoms with Gasteiger partial charge in [-0.3, -0.25) is 28.8 Å². The van der Waals surface area contributed by atoms with Gasteiger partial charge in [0.2, 0.25) is 0 Å². The van der Waals surface area contributed by atoms with E-state index in [1.54, 1.807) is 0 Å². The monoisotopic (exact) mass is 490 g/mol. The minimum absolute atomic E-state index is 0.0189. The smallest absolute Gasteiger partial charge is 0.322 e. The number of rotatable bonds is 6. The van der Waals surface area contributed by atoms with Crippen LogP contribution in [0.4, 0.5) is 0 Å². The van der Waals surface area contributed by atoms with E-state index >= 15 is 0 Å². The molecule has 0 atom stereocenters. The third-order valence-corrected chi connectivity index (χ3v) is 5.29. The van der Waals surface area contributed by atoms with Crippen molar-refractivity contribution in [3.05, 3.63) is 68.2 Å². The van der Waals surface area contributed by atoms with Crippen LogP contribution in [0.3, 0.4) is 0 Å². The van der Waals surface area contributed by atoms with Crippen LogP contribution < -0.4 is 0 Å². The maximum atomic E-state index is 13.0. The van der Waals surface area contributed by atoms with Crippen molar-refractivity contribution >= 4 is 51.4 Å². The largest absolute Gasteiger partial charge is 0.480 e. The average molecular weight is 491 g/mol. The molecule has 2 aromatic carbocycles. The Hall–Kier alpha value is -3.86. The fraction of sp³-hybridized carbons (Fsp3) is 0.100. The quantitative estimate of drug-likeness (QED) is 0.371. The average Bonchev–Trinajstić information content (AvgIpc) is 2.65. The number of carbonyl (C=O) groups excluding carboxylic acids is 2. The first kappa shape index (κ1) is 21.8. The first-order valence-electron chi connectivity index (χ1n) is 8.43. The maximum absolute atomic E-state index is 13.0. The zero-order valence-electron chi connectivity index (χ0n) is 15.2. The molecule has 0 spiro atoms. The van der Waals surface area contributed by atoms with E-state index in [-0.39, 0.29) is 22.3 Å². The van der Waals surface area contributed by atoms with Crippen molar-refractivity contribution in [1.82, 2.24) is 0 Å². The van der Waals surface area contributed by atoms with E-state index in [9.17, 15) is 49.2 Å². The highest BCUT2D eigenvalue weighted by Crippen LogP contribution is 2.36. The molecule has 0 bridgehead atoms. The third-order valence-electron chi connectivity index (χ3n) is 4.79. The van der Waals surface area contributed by atoms with Crippen molar-refractivity contribution in [2.24, 2.45) is 0 Å². The number of benzene rings is 2. The Kier molecular flexibility index (Phi) is 5.47. The number of fused-ring (bicyclic) bond motifs is 2. The number of halogens is 1. The predicted molar refractivity (Wildman–Crippen MR) is 103 cm³/mol. The summed E-state index contributed by atoms with van der Waals surface area (Å²) >= 11 is 3.17. The van der Waals surface area contributed by atoms with Crippen LogP contribution >= 0.6 is 15.9 Å². The first-order valence-corrected chi connectivity index (χ1v) is 9.23. The topological polar surface area (TPSA) is 183 Å². The van der Waals surface area contributed by atoms with Gasteiger partial charge in [0.25, 0.3) is 0 Å². The molecule has 1 aliphatic carbocycles. The number of carboxylic acid groups (broad SMARTS) is 4. The molecule has 0 heterocycles. The maximum Gasteiger partial charge on any atom is 0.322 e. The van der Waals surface area contributed by atoms with Gasteiger partial charge in [-0.15, -0.1) is 0 Å². The number of hydrogen-bond acceptors (Lipinski definition) is 6. The molecule has 4 N–H and O–H groups in total. The van der Waals surface area contributed by atoms with E-state index in [4.69, 9.17) is 0 Å². The second-order valence-corrected chi connectivity index (χ2v) is 7.51. The zero-order valence-corrected chi connectivity index (χ0v) is 16.7. The van der Waals surface area contributed by atoms with Crippen LogP contribution in [-0.2, 0) is 19.2 Å². The molecule has 3 rings (SSSR count). The third kappa shape index (κ3) is 3.59. The highest BCUT2D eigenvalue weighted by Gasteiger charge is 2.40. The number of ketones is 2. The second-order valence-electron chi connectivity index (χ2n) is 6.59. The predicted octanol–water partition coefficient (Wildman–Crippen LogP) is 1.73. The van der Waals surface area contributed by atoms with Gasteiger partial charge in [0.1, 0.15) is 0 Å². The van der Waals surface area contributed by atoms with Crippen LogP contribution in [0.1, 0.15) is 54.8 Å². The van der Waals surface area contributed by atoms with Crippen molar-refractivity contribution in [1.29, 1.82) is 0 Å². The summed E-state index contributed by atoms with van der Waals surface area (Å²) in [5, 5.41) is 37.4. The lowest BCUT2D eigenvalue weighted by molar-refractivity contribution is -0.153. The van der Waals surface area contributed by atoms with E-state index in [0.29, 0.717) is 4.47 Å². The van der Waals surface area contributed by atoms with E-state index in [2.05, 4.69) is 15.9 Å². The molecule has 158 valence electrons. The first-order chi connectivity index (χ1) is 14.5. The number of carbonyl (C=O) groups is 6. The standard InChI is InChI=1S/C20H11BrO10/c21-6-1-2-7-10(3-6)16(23)12-5-9(14(19(28)29)20(30)31)8(4-11(12)15(7)22)13(17(24)25)18(26)27/h1-5,13-14H,(H,24,25)(H,26,27)(H,28,29)(H,30,31).